The molecule has 0 spiro atoms. The lowest BCUT2D eigenvalue weighted by atomic mass is 10.1. The number of hydrogen-bond acceptors (Lipinski definition) is 8. The van der Waals surface area contributed by atoms with Crippen LogP contribution in [-0.2, 0) is 9.53 Å². The summed E-state index contributed by atoms with van der Waals surface area (Å²) in [5.41, 5.74) is 0.630. The quantitative estimate of drug-likeness (QED) is 0.179. The maximum Gasteiger partial charge on any atom is 0.348 e. The molecule has 2 rings (SSSR count). The van der Waals surface area contributed by atoms with Crippen LogP contribution in [0.25, 0.3) is 6.08 Å². The second-order valence-corrected chi connectivity index (χ2v) is 6.53. The number of nitrogens with zero attached hydrogens (tertiary/aromatic N) is 1. The first-order valence-electron chi connectivity index (χ1n) is 9.88. The average Bonchev–Trinajstić information content (AvgIpc) is 2.82. The number of ether oxygens (including phenoxy) is 5. The van der Waals surface area contributed by atoms with Crippen LogP contribution in [-0.4, -0.2) is 39.9 Å². The number of esters is 2. The van der Waals surface area contributed by atoms with Gasteiger partial charge in [0.2, 0.25) is 0 Å². The van der Waals surface area contributed by atoms with Gasteiger partial charge in [0.25, 0.3) is 0 Å². The first kappa shape index (κ1) is 24.3. The van der Waals surface area contributed by atoms with Crippen molar-refractivity contribution in [1.29, 1.82) is 5.26 Å². The molecule has 0 bridgehead atoms. The minimum atomic E-state index is -0.691. The van der Waals surface area contributed by atoms with Gasteiger partial charge in [0.05, 0.1) is 33.5 Å². The molecule has 0 N–H and O–H groups in total. The zero-order valence-electron chi connectivity index (χ0n) is 18.5. The van der Waals surface area contributed by atoms with Gasteiger partial charge in [-0.15, -0.1) is 0 Å². The van der Waals surface area contributed by atoms with E-state index in [1.807, 2.05) is 13.0 Å². The zero-order chi connectivity index (χ0) is 23.5. The van der Waals surface area contributed by atoms with E-state index in [1.165, 1.54) is 39.5 Å². The minimum Gasteiger partial charge on any atom is -0.493 e. The fraction of sp³-hybridized carbons (Fsp3) is 0.292. The van der Waals surface area contributed by atoms with Crippen LogP contribution in [0.4, 0.5) is 0 Å². The van der Waals surface area contributed by atoms with Gasteiger partial charge >= 0.3 is 11.9 Å². The van der Waals surface area contributed by atoms with Gasteiger partial charge in [-0.1, -0.05) is 19.4 Å². The lowest BCUT2D eigenvalue weighted by Gasteiger charge is -2.12. The highest BCUT2D eigenvalue weighted by Crippen LogP contribution is 2.31. The Kier molecular flexibility index (Phi) is 9.11. The van der Waals surface area contributed by atoms with Crippen molar-refractivity contribution in [3.05, 3.63) is 53.1 Å². The smallest absolute Gasteiger partial charge is 0.348 e. The number of hydrogen-bond donors (Lipinski definition) is 0. The van der Waals surface area contributed by atoms with Crippen molar-refractivity contribution >= 4 is 18.0 Å². The van der Waals surface area contributed by atoms with Crippen molar-refractivity contribution < 1.29 is 33.3 Å². The number of methoxy groups -OCH3 is 3. The molecule has 0 unspecified atom stereocenters. The molecule has 8 heteroatoms. The normalized spacial score (nSPS) is 10.7. The summed E-state index contributed by atoms with van der Waals surface area (Å²) in [5, 5.41) is 9.28. The molecule has 8 nitrogen and oxygen atoms in total. The van der Waals surface area contributed by atoms with Gasteiger partial charge in [-0.25, -0.2) is 9.59 Å². The molecule has 0 saturated heterocycles. The fourth-order valence-electron chi connectivity index (χ4n) is 2.67. The lowest BCUT2D eigenvalue weighted by Crippen LogP contribution is -2.10. The topological polar surface area (TPSA) is 104 Å². The van der Waals surface area contributed by atoms with Crippen molar-refractivity contribution in [3.63, 3.8) is 0 Å². The SMILES string of the molecule is CCCCOC(=O)/C(C#N)=C/c1ccc(OC(=O)c2ccc(OC)c(OC)c2)c(OC)c1. The molecule has 0 atom stereocenters. The summed E-state index contributed by atoms with van der Waals surface area (Å²) in [6, 6.07) is 11.2. The Hall–Kier alpha value is -3.99. The van der Waals surface area contributed by atoms with Crippen LogP contribution >= 0.6 is 0 Å². The van der Waals surface area contributed by atoms with Crippen LogP contribution in [0.1, 0.15) is 35.7 Å². The Morgan fingerprint density at radius 2 is 1.59 bits per heavy atom. The second kappa shape index (κ2) is 12.0. The third-order valence-electron chi connectivity index (χ3n) is 4.39. The molecule has 0 aromatic heterocycles. The highest BCUT2D eigenvalue weighted by molar-refractivity contribution is 5.98. The van der Waals surface area contributed by atoms with Gasteiger partial charge in [0, 0.05) is 0 Å². The standard InChI is InChI=1S/C24H25NO7/c1-5-6-11-31-23(26)18(15-25)12-16-7-9-20(21(13-16)29-3)32-24(27)17-8-10-19(28-2)22(14-17)30-4/h7-10,12-14H,5-6,11H2,1-4H3/b18-12+. The Labute approximate surface area is 186 Å². The fourth-order valence-corrected chi connectivity index (χ4v) is 2.67. The Morgan fingerprint density at radius 3 is 2.22 bits per heavy atom. The van der Waals surface area contributed by atoms with E-state index in [2.05, 4.69) is 0 Å². The summed E-state index contributed by atoms with van der Waals surface area (Å²) in [4.78, 5) is 24.6. The number of nitriles is 1. The summed E-state index contributed by atoms with van der Waals surface area (Å²) >= 11 is 0. The predicted octanol–water partition coefficient (Wildman–Crippen LogP) is 4.18. The second-order valence-electron chi connectivity index (χ2n) is 6.53. The minimum absolute atomic E-state index is 0.141. The van der Waals surface area contributed by atoms with Gasteiger partial charge in [-0.2, -0.15) is 5.26 Å². The third kappa shape index (κ3) is 6.25. The number of unbranched alkanes of at least 4 members (excludes halogenated alkanes) is 1. The largest absolute Gasteiger partial charge is 0.493 e. The summed E-state index contributed by atoms with van der Waals surface area (Å²) in [5.74, 6) is -0.00476. The van der Waals surface area contributed by atoms with Crippen molar-refractivity contribution in [1.82, 2.24) is 0 Å². The van der Waals surface area contributed by atoms with E-state index in [-0.39, 0.29) is 29.2 Å². The van der Waals surface area contributed by atoms with Crippen molar-refractivity contribution in [2.45, 2.75) is 19.8 Å². The van der Waals surface area contributed by atoms with E-state index < -0.39 is 11.9 Å². The molecule has 168 valence electrons. The first-order valence-corrected chi connectivity index (χ1v) is 9.88. The predicted molar refractivity (Wildman–Crippen MR) is 117 cm³/mol. The van der Waals surface area contributed by atoms with Gasteiger partial charge in [0.15, 0.2) is 23.0 Å². The molecule has 2 aromatic rings. The third-order valence-corrected chi connectivity index (χ3v) is 4.39. The van der Waals surface area contributed by atoms with E-state index in [1.54, 1.807) is 24.3 Å². The van der Waals surface area contributed by atoms with Gasteiger partial charge in [0.1, 0.15) is 11.6 Å². The van der Waals surface area contributed by atoms with E-state index in [9.17, 15) is 14.9 Å². The molecule has 0 aliphatic rings. The molecular formula is C24H25NO7. The average molecular weight is 439 g/mol. The van der Waals surface area contributed by atoms with E-state index in [0.29, 0.717) is 17.1 Å². The summed E-state index contributed by atoms with van der Waals surface area (Å²) < 4.78 is 26.2. The van der Waals surface area contributed by atoms with Crippen LogP contribution < -0.4 is 18.9 Å². The highest BCUT2D eigenvalue weighted by atomic mass is 16.6. The van der Waals surface area contributed by atoms with Gasteiger partial charge in [-0.3, -0.25) is 0 Å². The zero-order valence-corrected chi connectivity index (χ0v) is 18.5. The first-order chi connectivity index (χ1) is 15.5. The molecule has 0 fully saturated rings. The summed E-state index contributed by atoms with van der Waals surface area (Å²) in [6.45, 7) is 2.23. The van der Waals surface area contributed by atoms with Crippen LogP contribution in [0.5, 0.6) is 23.0 Å². The van der Waals surface area contributed by atoms with Crippen molar-refractivity contribution in [3.8, 4) is 29.1 Å². The van der Waals surface area contributed by atoms with Crippen LogP contribution in [0, 0.1) is 11.3 Å². The van der Waals surface area contributed by atoms with E-state index >= 15 is 0 Å². The van der Waals surface area contributed by atoms with Gasteiger partial charge < -0.3 is 23.7 Å². The molecule has 32 heavy (non-hydrogen) atoms. The summed E-state index contributed by atoms with van der Waals surface area (Å²) in [6.07, 6.45) is 2.98. The van der Waals surface area contributed by atoms with Crippen LogP contribution in [0.2, 0.25) is 0 Å². The lowest BCUT2D eigenvalue weighted by molar-refractivity contribution is -0.138. The van der Waals surface area contributed by atoms with Gasteiger partial charge in [-0.05, 0) is 48.4 Å². The molecule has 2 aromatic carbocycles. The van der Waals surface area contributed by atoms with E-state index in [4.69, 9.17) is 23.7 Å². The van der Waals surface area contributed by atoms with Crippen LogP contribution in [0.3, 0.4) is 0 Å². The molecule has 0 aliphatic carbocycles. The number of benzene rings is 2. The molecule has 0 saturated carbocycles. The van der Waals surface area contributed by atoms with Crippen molar-refractivity contribution in [2.24, 2.45) is 0 Å². The Morgan fingerprint density at radius 1 is 0.938 bits per heavy atom. The maximum atomic E-state index is 12.6. The molecule has 0 radical (unpaired) electrons. The monoisotopic (exact) mass is 439 g/mol. The van der Waals surface area contributed by atoms with Crippen LogP contribution in [0.15, 0.2) is 42.0 Å². The van der Waals surface area contributed by atoms with Crippen molar-refractivity contribution in [2.75, 3.05) is 27.9 Å². The number of carbonyl (C=O) groups excluding carboxylic acids is 2. The molecular weight excluding hydrogens is 414 g/mol. The molecule has 0 aliphatic heterocycles. The Bertz CT molecular complexity index is 1040. The summed E-state index contributed by atoms with van der Waals surface area (Å²) in [7, 11) is 4.39. The molecule has 0 amide bonds. The number of carbonyl (C=O) groups is 2. The number of rotatable bonds is 10. The Balaban J connectivity index is 2.22. The maximum absolute atomic E-state index is 12.6. The molecule has 0 heterocycles. The van der Waals surface area contributed by atoms with E-state index in [0.717, 1.165) is 12.8 Å². The highest BCUT2D eigenvalue weighted by Gasteiger charge is 2.16.